The minimum atomic E-state index is -0.198. The summed E-state index contributed by atoms with van der Waals surface area (Å²) in [6.07, 6.45) is 4.39. The number of benzene rings is 1. The maximum Gasteiger partial charge on any atom is 0.123 e. The van der Waals surface area contributed by atoms with Crippen molar-refractivity contribution in [2.24, 2.45) is 0 Å². The van der Waals surface area contributed by atoms with Crippen LogP contribution in [-0.4, -0.2) is 10.2 Å². The Labute approximate surface area is 75.4 Å². The zero-order valence-electron chi connectivity index (χ0n) is 7.00. The van der Waals surface area contributed by atoms with E-state index in [1.54, 1.807) is 18.3 Å². The number of aromatic nitrogens is 2. The number of halogens is 1. The number of H-pyrrole nitrogens is 1. The van der Waals surface area contributed by atoms with Crippen molar-refractivity contribution in [3.05, 3.63) is 53.6 Å². The van der Waals surface area contributed by atoms with E-state index in [0.717, 1.165) is 17.5 Å². The molecule has 0 saturated heterocycles. The third-order valence-electron chi connectivity index (χ3n) is 1.88. The number of hydrogen-bond donors (Lipinski definition) is 1. The fourth-order valence-electron chi connectivity index (χ4n) is 1.21. The van der Waals surface area contributed by atoms with Crippen LogP contribution < -0.4 is 0 Å². The van der Waals surface area contributed by atoms with Gasteiger partial charge in [0.05, 0.1) is 6.20 Å². The van der Waals surface area contributed by atoms with E-state index in [-0.39, 0.29) is 5.82 Å². The average molecular weight is 176 g/mol. The molecule has 0 aliphatic carbocycles. The van der Waals surface area contributed by atoms with Crippen LogP contribution in [0.1, 0.15) is 11.1 Å². The Kier molecular flexibility index (Phi) is 2.08. The third-order valence-corrected chi connectivity index (χ3v) is 1.88. The molecule has 2 rings (SSSR count). The summed E-state index contributed by atoms with van der Waals surface area (Å²) < 4.78 is 12.5. The van der Waals surface area contributed by atoms with Crippen molar-refractivity contribution in [1.82, 2.24) is 10.2 Å². The van der Waals surface area contributed by atoms with E-state index in [4.69, 9.17) is 0 Å². The SMILES string of the molecule is Fc1ccc(Cc2cn[nH]c2)cc1. The molecule has 66 valence electrons. The van der Waals surface area contributed by atoms with Gasteiger partial charge in [-0.05, 0) is 23.3 Å². The van der Waals surface area contributed by atoms with E-state index < -0.39 is 0 Å². The molecule has 13 heavy (non-hydrogen) atoms. The smallest absolute Gasteiger partial charge is 0.123 e. The highest BCUT2D eigenvalue weighted by molar-refractivity contribution is 5.22. The quantitative estimate of drug-likeness (QED) is 0.746. The third kappa shape index (κ3) is 1.93. The Bertz CT molecular complexity index is 364. The second kappa shape index (κ2) is 3.39. The van der Waals surface area contributed by atoms with Crippen molar-refractivity contribution in [3.63, 3.8) is 0 Å². The average Bonchev–Trinajstić information content (AvgIpc) is 2.62. The van der Waals surface area contributed by atoms with Crippen LogP contribution in [0, 0.1) is 5.82 Å². The van der Waals surface area contributed by atoms with Crippen LogP contribution >= 0.6 is 0 Å². The molecule has 3 heteroatoms. The van der Waals surface area contributed by atoms with E-state index in [1.807, 2.05) is 6.20 Å². The van der Waals surface area contributed by atoms with E-state index in [1.165, 1.54) is 12.1 Å². The molecule has 0 unspecified atom stereocenters. The predicted molar refractivity (Wildman–Crippen MR) is 47.8 cm³/mol. The highest BCUT2D eigenvalue weighted by Gasteiger charge is 1.96. The van der Waals surface area contributed by atoms with Crippen molar-refractivity contribution in [1.29, 1.82) is 0 Å². The van der Waals surface area contributed by atoms with Gasteiger partial charge >= 0.3 is 0 Å². The molecule has 2 nitrogen and oxygen atoms in total. The molecule has 1 N–H and O–H groups in total. The fraction of sp³-hybridized carbons (Fsp3) is 0.100. The molecule has 0 radical (unpaired) electrons. The zero-order chi connectivity index (χ0) is 9.10. The van der Waals surface area contributed by atoms with Crippen molar-refractivity contribution in [2.45, 2.75) is 6.42 Å². The molecular formula is C10H9FN2. The van der Waals surface area contributed by atoms with Gasteiger partial charge in [-0.1, -0.05) is 12.1 Å². The van der Waals surface area contributed by atoms with Crippen LogP contribution in [0.3, 0.4) is 0 Å². The Morgan fingerprint density at radius 1 is 1.15 bits per heavy atom. The number of nitrogens with zero attached hydrogens (tertiary/aromatic N) is 1. The number of hydrogen-bond acceptors (Lipinski definition) is 1. The van der Waals surface area contributed by atoms with E-state index in [0.29, 0.717) is 0 Å². The summed E-state index contributed by atoms with van der Waals surface area (Å²) in [6.45, 7) is 0. The Hall–Kier alpha value is -1.64. The second-order valence-electron chi connectivity index (χ2n) is 2.91. The maximum atomic E-state index is 12.5. The van der Waals surface area contributed by atoms with Crippen LogP contribution in [-0.2, 0) is 6.42 Å². The Morgan fingerprint density at radius 2 is 1.92 bits per heavy atom. The summed E-state index contributed by atoms with van der Waals surface area (Å²) in [5.41, 5.74) is 2.19. The van der Waals surface area contributed by atoms with Gasteiger partial charge in [0.1, 0.15) is 5.82 Å². The molecule has 1 aromatic heterocycles. The Morgan fingerprint density at radius 3 is 2.54 bits per heavy atom. The minimum absolute atomic E-state index is 0.198. The minimum Gasteiger partial charge on any atom is -0.285 e. The Balaban J connectivity index is 2.15. The lowest BCUT2D eigenvalue weighted by atomic mass is 10.1. The molecule has 0 saturated carbocycles. The highest BCUT2D eigenvalue weighted by atomic mass is 19.1. The van der Waals surface area contributed by atoms with E-state index >= 15 is 0 Å². The molecule has 0 amide bonds. The first-order valence-corrected chi connectivity index (χ1v) is 4.07. The topological polar surface area (TPSA) is 28.7 Å². The van der Waals surface area contributed by atoms with Crippen molar-refractivity contribution in [3.8, 4) is 0 Å². The lowest BCUT2D eigenvalue weighted by Crippen LogP contribution is -1.85. The molecule has 0 spiro atoms. The molecule has 0 atom stereocenters. The van der Waals surface area contributed by atoms with Gasteiger partial charge in [-0.25, -0.2) is 4.39 Å². The monoisotopic (exact) mass is 176 g/mol. The van der Waals surface area contributed by atoms with Gasteiger partial charge in [-0.3, -0.25) is 5.10 Å². The second-order valence-corrected chi connectivity index (χ2v) is 2.91. The van der Waals surface area contributed by atoms with Crippen LogP contribution in [0.2, 0.25) is 0 Å². The summed E-state index contributed by atoms with van der Waals surface area (Å²) >= 11 is 0. The highest BCUT2D eigenvalue weighted by Crippen LogP contribution is 2.08. The lowest BCUT2D eigenvalue weighted by molar-refractivity contribution is 0.627. The van der Waals surface area contributed by atoms with Gasteiger partial charge in [0.15, 0.2) is 0 Å². The normalized spacial score (nSPS) is 10.2. The van der Waals surface area contributed by atoms with Gasteiger partial charge in [-0.15, -0.1) is 0 Å². The number of nitrogens with one attached hydrogen (secondary N) is 1. The molecule has 0 fully saturated rings. The summed E-state index contributed by atoms with van der Waals surface area (Å²) in [4.78, 5) is 0. The van der Waals surface area contributed by atoms with E-state index in [9.17, 15) is 4.39 Å². The van der Waals surface area contributed by atoms with Crippen molar-refractivity contribution in [2.75, 3.05) is 0 Å². The first-order valence-electron chi connectivity index (χ1n) is 4.07. The van der Waals surface area contributed by atoms with Crippen molar-refractivity contribution < 1.29 is 4.39 Å². The molecule has 0 aliphatic heterocycles. The molecule has 2 aromatic rings. The zero-order valence-corrected chi connectivity index (χ0v) is 7.00. The summed E-state index contributed by atoms with van der Waals surface area (Å²) in [6, 6.07) is 6.50. The maximum absolute atomic E-state index is 12.5. The number of aromatic amines is 1. The van der Waals surface area contributed by atoms with Gasteiger partial charge in [-0.2, -0.15) is 5.10 Å². The first-order chi connectivity index (χ1) is 6.34. The van der Waals surface area contributed by atoms with Gasteiger partial charge in [0.25, 0.3) is 0 Å². The summed E-state index contributed by atoms with van der Waals surface area (Å²) in [5, 5.41) is 6.57. The predicted octanol–water partition coefficient (Wildman–Crippen LogP) is 2.14. The van der Waals surface area contributed by atoms with Gasteiger partial charge in [0, 0.05) is 12.6 Å². The molecular weight excluding hydrogens is 167 g/mol. The van der Waals surface area contributed by atoms with Crippen molar-refractivity contribution >= 4 is 0 Å². The largest absolute Gasteiger partial charge is 0.285 e. The van der Waals surface area contributed by atoms with Crippen LogP contribution in [0.4, 0.5) is 4.39 Å². The number of rotatable bonds is 2. The summed E-state index contributed by atoms with van der Waals surface area (Å²) in [7, 11) is 0. The first kappa shape index (κ1) is 7.98. The standard InChI is InChI=1S/C10H9FN2/c11-10-3-1-8(2-4-10)5-9-6-12-13-7-9/h1-4,6-7H,5H2,(H,12,13). The van der Waals surface area contributed by atoms with Crippen LogP contribution in [0.25, 0.3) is 0 Å². The molecule has 0 aliphatic rings. The van der Waals surface area contributed by atoms with E-state index in [2.05, 4.69) is 10.2 Å². The molecule has 1 heterocycles. The van der Waals surface area contributed by atoms with Crippen LogP contribution in [0.5, 0.6) is 0 Å². The molecule has 1 aromatic carbocycles. The summed E-state index contributed by atoms with van der Waals surface area (Å²) in [5.74, 6) is -0.198. The van der Waals surface area contributed by atoms with Crippen LogP contribution in [0.15, 0.2) is 36.7 Å². The van der Waals surface area contributed by atoms with Gasteiger partial charge < -0.3 is 0 Å². The lowest BCUT2D eigenvalue weighted by Gasteiger charge is -1.97. The fourth-order valence-corrected chi connectivity index (χ4v) is 1.21. The van der Waals surface area contributed by atoms with Gasteiger partial charge in [0.2, 0.25) is 0 Å². The molecule has 0 bridgehead atoms.